The molecule has 0 aliphatic carbocycles. The summed E-state index contributed by atoms with van der Waals surface area (Å²) in [5.74, 6) is -1.23. The second-order valence-electron chi connectivity index (χ2n) is 2.85. The molecule has 0 aromatic heterocycles. The molecule has 5 nitrogen and oxygen atoms in total. The van der Waals surface area contributed by atoms with Crippen LogP contribution in [0.15, 0.2) is 18.2 Å². The first-order chi connectivity index (χ1) is 7.10. The summed E-state index contributed by atoms with van der Waals surface area (Å²) in [5, 5.41) is 9.35. The van der Waals surface area contributed by atoms with Crippen molar-refractivity contribution in [1.29, 1.82) is 0 Å². The van der Waals surface area contributed by atoms with Crippen molar-refractivity contribution in [2.45, 2.75) is 0 Å². The monoisotopic (exact) mass is 209 g/mol. The van der Waals surface area contributed by atoms with Crippen LogP contribution in [0, 0.1) is 0 Å². The highest BCUT2D eigenvalue weighted by molar-refractivity contribution is 6.01. The molecule has 0 saturated carbocycles. The van der Waals surface area contributed by atoms with Crippen LogP contribution in [0.2, 0.25) is 0 Å². The molecule has 1 aromatic rings. The van der Waals surface area contributed by atoms with Gasteiger partial charge in [0.2, 0.25) is 0 Å². The lowest BCUT2D eigenvalue weighted by atomic mass is 10.1. The molecule has 0 heterocycles. The number of esters is 1. The highest BCUT2D eigenvalue weighted by Crippen LogP contribution is 2.19. The van der Waals surface area contributed by atoms with Gasteiger partial charge in [-0.15, -0.1) is 0 Å². The quantitative estimate of drug-likeness (QED) is 0.552. The van der Waals surface area contributed by atoms with E-state index in [1.165, 1.54) is 25.3 Å². The number of hydrogen-bond donors (Lipinski definition) is 2. The van der Waals surface area contributed by atoms with Crippen LogP contribution in [0.3, 0.4) is 0 Å². The van der Waals surface area contributed by atoms with E-state index < -0.39 is 5.97 Å². The largest absolute Gasteiger partial charge is 0.507 e. The SMILES string of the molecule is COC(=O)c1cc(C(=O)CN)ccc1O. The number of rotatable bonds is 3. The number of carbonyl (C=O) groups is 2. The van der Waals surface area contributed by atoms with E-state index in [0.717, 1.165) is 0 Å². The number of aromatic hydroxyl groups is 1. The Hall–Kier alpha value is -1.88. The average Bonchev–Trinajstić information content (AvgIpc) is 2.27. The van der Waals surface area contributed by atoms with E-state index in [4.69, 9.17) is 5.73 Å². The third-order valence-electron chi connectivity index (χ3n) is 1.91. The lowest BCUT2D eigenvalue weighted by molar-refractivity contribution is 0.0597. The van der Waals surface area contributed by atoms with E-state index in [1.807, 2.05) is 0 Å². The van der Waals surface area contributed by atoms with Gasteiger partial charge in [0, 0.05) is 5.56 Å². The maximum Gasteiger partial charge on any atom is 0.341 e. The van der Waals surface area contributed by atoms with Crippen LogP contribution in [0.5, 0.6) is 5.75 Å². The maximum atomic E-state index is 11.2. The zero-order valence-corrected chi connectivity index (χ0v) is 8.19. The molecule has 80 valence electrons. The fourth-order valence-corrected chi connectivity index (χ4v) is 1.10. The first kappa shape index (κ1) is 11.2. The molecular weight excluding hydrogens is 198 g/mol. The van der Waals surface area contributed by atoms with Gasteiger partial charge < -0.3 is 15.6 Å². The Bertz CT molecular complexity index is 400. The minimum atomic E-state index is -0.695. The number of methoxy groups -OCH3 is 1. The molecule has 0 amide bonds. The molecule has 0 radical (unpaired) electrons. The Morgan fingerprint density at radius 2 is 2.13 bits per heavy atom. The first-order valence-corrected chi connectivity index (χ1v) is 4.24. The molecule has 0 spiro atoms. The topological polar surface area (TPSA) is 89.6 Å². The highest BCUT2D eigenvalue weighted by Gasteiger charge is 2.14. The van der Waals surface area contributed by atoms with Crippen molar-refractivity contribution in [1.82, 2.24) is 0 Å². The maximum absolute atomic E-state index is 11.2. The van der Waals surface area contributed by atoms with Crippen LogP contribution in [0.25, 0.3) is 0 Å². The first-order valence-electron chi connectivity index (χ1n) is 4.24. The molecule has 5 heteroatoms. The number of carbonyl (C=O) groups excluding carboxylic acids is 2. The predicted octanol–water partition coefficient (Wildman–Crippen LogP) is 0.320. The zero-order chi connectivity index (χ0) is 11.4. The minimum Gasteiger partial charge on any atom is -0.507 e. The van der Waals surface area contributed by atoms with Gasteiger partial charge in [-0.2, -0.15) is 0 Å². The Kier molecular flexibility index (Phi) is 3.41. The van der Waals surface area contributed by atoms with Crippen molar-refractivity contribution in [3.05, 3.63) is 29.3 Å². The number of phenols is 1. The van der Waals surface area contributed by atoms with E-state index in [2.05, 4.69) is 4.74 Å². The summed E-state index contributed by atoms with van der Waals surface area (Å²) >= 11 is 0. The number of benzene rings is 1. The molecule has 1 rings (SSSR count). The summed E-state index contributed by atoms with van der Waals surface area (Å²) in [6.07, 6.45) is 0. The van der Waals surface area contributed by atoms with E-state index in [0.29, 0.717) is 0 Å². The smallest absolute Gasteiger partial charge is 0.341 e. The number of phenolic OH excluding ortho intramolecular Hbond substituents is 1. The van der Waals surface area contributed by atoms with Crippen molar-refractivity contribution in [3.8, 4) is 5.75 Å². The van der Waals surface area contributed by atoms with E-state index >= 15 is 0 Å². The third-order valence-corrected chi connectivity index (χ3v) is 1.91. The highest BCUT2D eigenvalue weighted by atomic mass is 16.5. The molecule has 1 aromatic carbocycles. The average molecular weight is 209 g/mol. The summed E-state index contributed by atoms with van der Waals surface area (Å²) < 4.78 is 4.44. The Balaban J connectivity index is 3.16. The van der Waals surface area contributed by atoms with Gasteiger partial charge in [0.15, 0.2) is 5.78 Å². The second-order valence-corrected chi connectivity index (χ2v) is 2.85. The number of Topliss-reactive ketones (excluding diaryl/α,β-unsaturated/α-hetero) is 1. The summed E-state index contributed by atoms with van der Waals surface area (Å²) in [6.45, 7) is -0.147. The van der Waals surface area contributed by atoms with Crippen LogP contribution in [0.1, 0.15) is 20.7 Å². The summed E-state index contributed by atoms with van der Waals surface area (Å²) in [6, 6.07) is 3.92. The van der Waals surface area contributed by atoms with Crippen molar-refractivity contribution in [3.63, 3.8) is 0 Å². The summed E-state index contributed by atoms with van der Waals surface area (Å²) in [5.41, 5.74) is 5.40. The molecule has 0 saturated heterocycles. The Morgan fingerprint density at radius 1 is 1.47 bits per heavy atom. The number of hydrogen-bond acceptors (Lipinski definition) is 5. The van der Waals surface area contributed by atoms with Gasteiger partial charge in [0.1, 0.15) is 11.3 Å². The van der Waals surface area contributed by atoms with Crippen molar-refractivity contribution in [2.75, 3.05) is 13.7 Å². The summed E-state index contributed by atoms with van der Waals surface area (Å²) in [7, 11) is 1.19. The van der Waals surface area contributed by atoms with Gasteiger partial charge in [-0.05, 0) is 18.2 Å². The molecule has 0 aliphatic heterocycles. The third kappa shape index (κ3) is 2.32. The lowest BCUT2D eigenvalue weighted by Gasteiger charge is -2.04. The summed E-state index contributed by atoms with van der Waals surface area (Å²) in [4.78, 5) is 22.4. The molecule has 3 N–H and O–H groups in total. The molecule has 15 heavy (non-hydrogen) atoms. The van der Waals surface area contributed by atoms with E-state index in [9.17, 15) is 14.7 Å². The van der Waals surface area contributed by atoms with Gasteiger partial charge in [-0.25, -0.2) is 4.79 Å². The molecule has 0 aliphatic rings. The van der Waals surface area contributed by atoms with E-state index in [1.54, 1.807) is 0 Å². The van der Waals surface area contributed by atoms with Gasteiger partial charge >= 0.3 is 5.97 Å². The van der Waals surface area contributed by atoms with Crippen molar-refractivity contribution in [2.24, 2.45) is 5.73 Å². The lowest BCUT2D eigenvalue weighted by Crippen LogP contribution is -2.14. The Morgan fingerprint density at radius 3 is 2.67 bits per heavy atom. The van der Waals surface area contributed by atoms with Crippen LogP contribution in [-0.4, -0.2) is 30.5 Å². The molecule has 0 bridgehead atoms. The molecular formula is C10H11NO4. The number of nitrogens with two attached hydrogens (primary N) is 1. The fraction of sp³-hybridized carbons (Fsp3) is 0.200. The standard InChI is InChI=1S/C10H11NO4/c1-15-10(14)7-4-6(9(13)5-11)2-3-8(7)12/h2-4,12H,5,11H2,1H3. The molecule has 0 unspecified atom stereocenters. The Labute approximate surface area is 86.5 Å². The minimum absolute atomic E-state index is 0.0446. The van der Waals surface area contributed by atoms with E-state index in [-0.39, 0.29) is 29.2 Å². The number of ketones is 1. The van der Waals surface area contributed by atoms with Crippen molar-refractivity contribution >= 4 is 11.8 Å². The van der Waals surface area contributed by atoms with Gasteiger partial charge in [0.25, 0.3) is 0 Å². The normalized spacial score (nSPS) is 9.73. The van der Waals surface area contributed by atoms with Gasteiger partial charge in [0.05, 0.1) is 13.7 Å². The van der Waals surface area contributed by atoms with Gasteiger partial charge in [-0.3, -0.25) is 4.79 Å². The van der Waals surface area contributed by atoms with Crippen LogP contribution >= 0.6 is 0 Å². The second kappa shape index (κ2) is 4.56. The van der Waals surface area contributed by atoms with Crippen molar-refractivity contribution < 1.29 is 19.4 Å². The van der Waals surface area contributed by atoms with Gasteiger partial charge in [-0.1, -0.05) is 0 Å². The zero-order valence-electron chi connectivity index (χ0n) is 8.19. The van der Waals surface area contributed by atoms with Crippen LogP contribution in [-0.2, 0) is 4.74 Å². The van der Waals surface area contributed by atoms with Crippen LogP contribution in [0.4, 0.5) is 0 Å². The number of ether oxygens (including phenoxy) is 1. The van der Waals surface area contributed by atoms with Crippen LogP contribution < -0.4 is 5.73 Å². The fourth-order valence-electron chi connectivity index (χ4n) is 1.10. The molecule has 0 atom stereocenters. The predicted molar refractivity (Wildman–Crippen MR) is 52.8 cm³/mol. The molecule has 0 fully saturated rings.